The van der Waals surface area contributed by atoms with Crippen molar-refractivity contribution in [1.29, 1.82) is 0 Å². The van der Waals surface area contributed by atoms with Gasteiger partial charge in [-0.25, -0.2) is 4.79 Å². The molecule has 1 saturated heterocycles. The number of carbonyl (C=O) groups excluding carboxylic acids is 3. The molecule has 3 aromatic rings. The van der Waals surface area contributed by atoms with E-state index in [0.29, 0.717) is 66.7 Å². The van der Waals surface area contributed by atoms with Crippen LogP contribution >= 0.6 is 0 Å². The predicted octanol–water partition coefficient (Wildman–Crippen LogP) is 4.06. The van der Waals surface area contributed by atoms with Crippen molar-refractivity contribution < 1.29 is 33.8 Å². The largest absolute Gasteiger partial charge is 0.493 e. The summed E-state index contributed by atoms with van der Waals surface area (Å²) in [5.41, 5.74) is 3.54. The Morgan fingerprint density at radius 2 is 1.53 bits per heavy atom. The van der Waals surface area contributed by atoms with E-state index in [1.54, 1.807) is 60.4 Å². The minimum absolute atomic E-state index is 0.132. The van der Waals surface area contributed by atoms with Crippen LogP contribution in [0.4, 0.5) is 16.2 Å². The lowest BCUT2D eigenvalue weighted by molar-refractivity contribution is -0.137. The number of anilines is 2. The number of aryl methyl sites for hydroxylation is 1. The number of nitrogens with one attached hydrogen (secondary N) is 3. The van der Waals surface area contributed by atoms with Crippen LogP contribution in [0.3, 0.4) is 0 Å². The first-order chi connectivity index (χ1) is 21.6. The van der Waals surface area contributed by atoms with Crippen LogP contribution in [0, 0.1) is 6.92 Å². The van der Waals surface area contributed by atoms with Gasteiger partial charge in [0.2, 0.25) is 0 Å². The number of methoxy groups -OCH3 is 2. The average molecular weight is 618 g/mol. The molecule has 238 valence electrons. The number of amides is 4. The van der Waals surface area contributed by atoms with E-state index in [-0.39, 0.29) is 17.9 Å². The average Bonchev–Trinajstić information content (AvgIpc) is 3.04. The summed E-state index contributed by atoms with van der Waals surface area (Å²) in [7, 11) is 3.05. The van der Waals surface area contributed by atoms with Gasteiger partial charge < -0.3 is 40.3 Å². The molecule has 4 rings (SSSR count). The fourth-order valence-electron chi connectivity index (χ4n) is 5.15. The minimum Gasteiger partial charge on any atom is -0.493 e. The Morgan fingerprint density at radius 3 is 2.16 bits per heavy atom. The van der Waals surface area contributed by atoms with E-state index in [1.807, 2.05) is 24.0 Å². The van der Waals surface area contributed by atoms with Crippen LogP contribution in [0.25, 0.3) is 0 Å². The Hall–Kier alpha value is -5.26. The predicted molar refractivity (Wildman–Crippen MR) is 170 cm³/mol. The van der Waals surface area contributed by atoms with E-state index < -0.39 is 23.9 Å². The lowest BCUT2D eigenvalue weighted by Gasteiger charge is -2.37. The summed E-state index contributed by atoms with van der Waals surface area (Å²) in [6, 6.07) is 16.2. The molecule has 1 aliphatic heterocycles. The van der Waals surface area contributed by atoms with Gasteiger partial charge in [-0.1, -0.05) is 29.8 Å². The Bertz CT molecular complexity index is 1530. The van der Waals surface area contributed by atoms with Crippen LogP contribution in [0.15, 0.2) is 60.7 Å². The van der Waals surface area contributed by atoms with E-state index in [9.17, 15) is 24.3 Å². The van der Waals surface area contributed by atoms with Crippen LogP contribution in [0.2, 0.25) is 0 Å². The number of aliphatic carboxylic acids is 1. The molecule has 1 atom stereocenters. The highest BCUT2D eigenvalue weighted by molar-refractivity contribution is 6.00. The number of hydrogen-bond acceptors (Lipinski definition) is 7. The maximum atomic E-state index is 13.4. The topological polar surface area (TPSA) is 150 Å². The summed E-state index contributed by atoms with van der Waals surface area (Å²) in [5.74, 6) is -0.639. The number of ether oxygens (including phenoxy) is 2. The number of rotatable bonds is 11. The number of carbonyl (C=O) groups is 4. The fourth-order valence-corrected chi connectivity index (χ4v) is 5.15. The molecule has 4 amide bonds. The first kappa shape index (κ1) is 32.6. The molecule has 0 aromatic heterocycles. The number of carboxylic acids is 1. The Morgan fingerprint density at radius 1 is 0.867 bits per heavy atom. The molecule has 1 unspecified atom stereocenters. The highest BCUT2D eigenvalue weighted by Gasteiger charge is 2.26. The van der Waals surface area contributed by atoms with Crippen molar-refractivity contribution >= 4 is 35.2 Å². The molecule has 1 fully saturated rings. The molecule has 1 aliphatic rings. The van der Waals surface area contributed by atoms with Gasteiger partial charge in [-0.3, -0.25) is 14.4 Å². The van der Waals surface area contributed by atoms with Gasteiger partial charge in [-0.05, 0) is 55.8 Å². The molecule has 12 nitrogen and oxygen atoms in total. The zero-order chi connectivity index (χ0) is 32.5. The SMILES string of the molecule is CCNC(=O)Nc1cc(C(=O)NC(CC(=O)O)c2ccc(C)cc2)ccc1N1CCN(C(=O)c2ccc(OC)c(OC)c2)CC1. The Kier molecular flexibility index (Phi) is 10.9. The number of hydrogen-bond donors (Lipinski definition) is 4. The monoisotopic (exact) mass is 617 g/mol. The van der Waals surface area contributed by atoms with Crippen molar-refractivity contribution in [2.45, 2.75) is 26.3 Å². The third kappa shape index (κ3) is 8.22. The number of urea groups is 1. The molecule has 45 heavy (non-hydrogen) atoms. The quantitative estimate of drug-likeness (QED) is 0.252. The second kappa shape index (κ2) is 15.0. The standard InChI is InChI=1S/C33H39N5O7/c1-5-34-33(43)36-26-18-23(31(41)35-25(20-30(39)40)22-8-6-21(2)7-9-22)10-12-27(26)37-14-16-38(17-15-37)32(42)24-11-13-28(44-3)29(19-24)45-4/h6-13,18-19,25H,5,14-17,20H2,1-4H3,(H,35,41)(H,39,40)(H2,34,36,43). The Balaban J connectivity index is 1.52. The van der Waals surface area contributed by atoms with Gasteiger partial charge in [-0.15, -0.1) is 0 Å². The van der Waals surface area contributed by atoms with Crippen molar-refractivity contribution in [3.63, 3.8) is 0 Å². The first-order valence-electron chi connectivity index (χ1n) is 14.7. The van der Waals surface area contributed by atoms with Gasteiger partial charge >= 0.3 is 12.0 Å². The fraction of sp³-hybridized carbons (Fsp3) is 0.333. The zero-order valence-electron chi connectivity index (χ0n) is 25.9. The van der Waals surface area contributed by atoms with E-state index >= 15 is 0 Å². The van der Waals surface area contributed by atoms with E-state index in [4.69, 9.17) is 9.47 Å². The number of piperazine rings is 1. The molecule has 4 N–H and O–H groups in total. The third-order valence-electron chi connectivity index (χ3n) is 7.55. The van der Waals surface area contributed by atoms with Crippen molar-refractivity contribution in [3.8, 4) is 11.5 Å². The normalized spacial score (nSPS) is 13.4. The van der Waals surface area contributed by atoms with E-state index in [2.05, 4.69) is 16.0 Å². The van der Waals surface area contributed by atoms with Crippen LogP contribution < -0.4 is 30.3 Å². The second-order valence-electron chi connectivity index (χ2n) is 10.6. The van der Waals surface area contributed by atoms with Crippen molar-refractivity contribution in [2.24, 2.45) is 0 Å². The summed E-state index contributed by atoms with van der Waals surface area (Å²) < 4.78 is 10.6. The number of benzene rings is 3. The van der Waals surface area contributed by atoms with Gasteiger partial charge in [0.1, 0.15) is 0 Å². The molecule has 0 spiro atoms. The molecule has 0 bridgehead atoms. The zero-order valence-corrected chi connectivity index (χ0v) is 25.9. The molecule has 0 aliphatic carbocycles. The Labute approximate surface area is 262 Å². The van der Waals surface area contributed by atoms with Gasteiger partial charge in [-0.2, -0.15) is 0 Å². The summed E-state index contributed by atoms with van der Waals surface area (Å²) >= 11 is 0. The van der Waals surface area contributed by atoms with E-state index in [1.165, 1.54) is 14.2 Å². The van der Waals surface area contributed by atoms with Crippen LogP contribution in [-0.2, 0) is 4.79 Å². The molecule has 0 radical (unpaired) electrons. The van der Waals surface area contributed by atoms with Gasteiger partial charge in [0.05, 0.1) is 38.1 Å². The van der Waals surface area contributed by atoms with Crippen molar-refractivity contribution in [2.75, 3.05) is 57.2 Å². The third-order valence-corrected chi connectivity index (χ3v) is 7.55. The summed E-state index contributed by atoms with van der Waals surface area (Å²) in [6.07, 6.45) is -0.288. The second-order valence-corrected chi connectivity index (χ2v) is 10.6. The first-order valence-corrected chi connectivity index (χ1v) is 14.7. The summed E-state index contributed by atoms with van der Waals surface area (Å²) in [4.78, 5) is 54.5. The molecule has 1 heterocycles. The molecule has 3 aromatic carbocycles. The smallest absolute Gasteiger partial charge is 0.319 e. The summed E-state index contributed by atoms with van der Waals surface area (Å²) in [5, 5.41) is 17.8. The number of nitrogens with zero attached hydrogens (tertiary/aromatic N) is 2. The van der Waals surface area contributed by atoms with Gasteiger partial charge in [0.15, 0.2) is 11.5 Å². The lowest BCUT2D eigenvalue weighted by Crippen LogP contribution is -2.49. The van der Waals surface area contributed by atoms with Gasteiger partial charge in [0, 0.05) is 43.9 Å². The maximum absolute atomic E-state index is 13.4. The van der Waals surface area contributed by atoms with Crippen LogP contribution in [0.1, 0.15) is 51.2 Å². The van der Waals surface area contributed by atoms with E-state index in [0.717, 1.165) is 5.56 Å². The molecular formula is C33H39N5O7. The molecule has 0 saturated carbocycles. The molecule has 12 heteroatoms. The molecular weight excluding hydrogens is 578 g/mol. The summed E-state index contributed by atoms with van der Waals surface area (Å²) in [6.45, 7) is 5.98. The van der Waals surface area contributed by atoms with Crippen molar-refractivity contribution in [3.05, 3.63) is 82.9 Å². The van der Waals surface area contributed by atoms with Crippen LogP contribution in [0.5, 0.6) is 11.5 Å². The highest BCUT2D eigenvalue weighted by atomic mass is 16.5. The lowest BCUT2D eigenvalue weighted by atomic mass is 10.0. The maximum Gasteiger partial charge on any atom is 0.319 e. The van der Waals surface area contributed by atoms with Crippen molar-refractivity contribution in [1.82, 2.24) is 15.5 Å². The number of carboxylic acid groups (broad SMARTS) is 1. The minimum atomic E-state index is -1.04. The van der Waals surface area contributed by atoms with Gasteiger partial charge in [0.25, 0.3) is 11.8 Å². The highest BCUT2D eigenvalue weighted by Crippen LogP contribution is 2.31. The van der Waals surface area contributed by atoms with Crippen LogP contribution in [-0.4, -0.2) is 80.8 Å².